The average molecular weight is 378 g/mol. The smallest absolute Gasteiger partial charge is 0.358 e. The summed E-state index contributed by atoms with van der Waals surface area (Å²) in [5, 5.41) is -0.374. The molecular weight excluding hydrogens is 370 g/mol. The van der Waals surface area contributed by atoms with Gasteiger partial charge in [-0.2, -0.15) is 0 Å². The van der Waals surface area contributed by atoms with Crippen molar-refractivity contribution in [3.63, 3.8) is 0 Å². The standard InChI is InChI=1S/C13H8BrClF2N2O2/c1-21-13(20)12-8(15)10(18)9(17)11(19-12)6-3-2-5(14)4-7(6)16/h2-4H,1H3,(H2,18,19). The molecule has 0 aliphatic rings. The van der Waals surface area contributed by atoms with Gasteiger partial charge in [0.25, 0.3) is 0 Å². The molecule has 0 saturated heterocycles. The molecule has 0 radical (unpaired) electrons. The largest absolute Gasteiger partial charge is 0.464 e. The molecule has 0 spiro atoms. The normalized spacial score (nSPS) is 10.5. The van der Waals surface area contributed by atoms with E-state index in [4.69, 9.17) is 17.3 Å². The number of methoxy groups -OCH3 is 1. The predicted octanol–water partition coefficient (Wildman–Crippen LogP) is 3.81. The Morgan fingerprint density at radius 1 is 1.43 bits per heavy atom. The molecule has 0 aliphatic carbocycles. The van der Waals surface area contributed by atoms with Crippen LogP contribution in [0.5, 0.6) is 0 Å². The molecule has 0 fully saturated rings. The van der Waals surface area contributed by atoms with Crippen molar-refractivity contribution in [3.8, 4) is 11.3 Å². The highest BCUT2D eigenvalue weighted by Gasteiger charge is 2.24. The fourth-order valence-corrected chi connectivity index (χ4v) is 2.19. The number of carbonyl (C=O) groups excluding carboxylic acids is 1. The number of halogens is 4. The van der Waals surface area contributed by atoms with E-state index in [2.05, 4.69) is 25.7 Å². The van der Waals surface area contributed by atoms with E-state index < -0.39 is 29.0 Å². The molecule has 2 aromatic rings. The van der Waals surface area contributed by atoms with Crippen molar-refractivity contribution in [3.05, 3.63) is 45.0 Å². The third-order valence-corrected chi connectivity index (χ3v) is 3.55. The lowest BCUT2D eigenvalue weighted by Gasteiger charge is -2.11. The van der Waals surface area contributed by atoms with Gasteiger partial charge in [-0.05, 0) is 18.2 Å². The number of hydrogen-bond acceptors (Lipinski definition) is 4. The van der Waals surface area contributed by atoms with Gasteiger partial charge in [0.15, 0.2) is 11.5 Å². The number of nitrogens with two attached hydrogens (primary N) is 1. The minimum atomic E-state index is -1.01. The number of rotatable bonds is 2. The van der Waals surface area contributed by atoms with E-state index in [1.807, 2.05) is 0 Å². The van der Waals surface area contributed by atoms with Crippen LogP contribution in [0.15, 0.2) is 22.7 Å². The maximum atomic E-state index is 14.2. The average Bonchev–Trinajstić information content (AvgIpc) is 2.45. The second kappa shape index (κ2) is 5.95. The van der Waals surface area contributed by atoms with Gasteiger partial charge < -0.3 is 10.5 Å². The van der Waals surface area contributed by atoms with Crippen molar-refractivity contribution < 1.29 is 18.3 Å². The molecule has 1 aromatic carbocycles. The Balaban J connectivity index is 2.74. The van der Waals surface area contributed by atoms with E-state index in [-0.39, 0.29) is 16.3 Å². The Hall–Kier alpha value is -1.73. The molecule has 0 bridgehead atoms. The quantitative estimate of drug-likeness (QED) is 0.808. The first-order chi connectivity index (χ1) is 9.86. The van der Waals surface area contributed by atoms with Gasteiger partial charge in [0, 0.05) is 10.0 Å². The Morgan fingerprint density at radius 3 is 2.67 bits per heavy atom. The van der Waals surface area contributed by atoms with Crippen LogP contribution in [0.2, 0.25) is 5.02 Å². The highest BCUT2D eigenvalue weighted by atomic mass is 79.9. The summed E-state index contributed by atoms with van der Waals surface area (Å²) >= 11 is 8.86. The summed E-state index contributed by atoms with van der Waals surface area (Å²) in [6.07, 6.45) is 0. The molecule has 0 unspecified atom stereocenters. The number of anilines is 1. The van der Waals surface area contributed by atoms with Crippen molar-refractivity contribution in [2.45, 2.75) is 0 Å². The summed E-state index contributed by atoms with van der Waals surface area (Å²) in [6.45, 7) is 0. The fourth-order valence-electron chi connectivity index (χ4n) is 1.65. The summed E-state index contributed by atoms with van der Waals surface area (Å²) in [5.41, 5.74) is 4.07. The zero-order valence-corrected chi connectivity index (χ0v) is 12.9. The molecule has 110 valence electrons. The van der Waals surface area contributed by atoms with Gasteiger partial charge in [-0.3, -0.25) is 0 Å². The molecule has 0 atom stereocenters. The number of pyridine rings is 1. The zero-order valence-electron chi connectivity index (χ0n) is 10.6. The van der Waals surface area contributed by atoms with Crippen LogP contribution in [-0.4, -0.2) is 18.1 Å². The van der Waals surface area contributed by atoms with Crippen LogP contribution < -0.4 is 5.73 Å². The molecule has 0 amide bonds. The van der Waals surface area contributed by atoms with E-state index in [9.17, 15) is 13.6 Å². The minimum absolute atomic E-state index is 0.149. The molecule has 0 aliphatic heterocycles. The number of hydrogen-bond donors (Lipinski definition) is 1. The molecule has 2 rings (SSSR count). The van der Waals surface area contributed by atoms with E-state index in [0.717, 1.165) is 13.2 Å². The van der Waals surface area contributed by atoms with Crippen LogP contribution >= 0.6 is 27.5 Å². The van der Waals surface area contributed by atoms with Crippen molar-refractivity contribution in [1.29, 1.82) is 0 Å². The van der Waals surface area contributed by atoms with E-state index >= 15 is 0 Å². The minimum Gasteiger partial charge on any atom is -0.464 e. The second-order valence-corrected chi connectivity index (χ2v) is 5.26. The number of nitrogen functional groups attached to an aromatic ring is 1. The zero-order chi connectivity index (χ0) is 15.7. The third-order valence-electron chi connectivity index (χ3n) is 2.68. The van der Waals surface area contributed by atoms with Crippen molar-refractivity contribution in [2.24, 2.45) is 0 Å². The number of ether oxygens (including phenoxy) is 1. The highest BCUT2D eigenvalue weighted by molar-refractivity contribution is 9.10. The molecule has 0 saturated carbocycles. The number of esters is 1. The van der Waals surface area contributed by atoms with Crippen LogP contribution in [0, 0.1) is 11.6 Å². The molecule has 4 nitrogen and oxygen atoms in total. The predicted molar refractivity (Wildman–Crippen MR) is 78.1 cm³/mol. The van der Waals surface area contributed by atoms with Crippen molar-refractivity contribution >= 4 is 39.2 Å². The number of carbonyl (C=O) groups is 1. The number of benzene rings is 1. The van der Waals surface area contributed by atoms with Gasteiger partial charge >= 0.3 is 5.97 Å². The summed E-state index contributed by atoms with van der Waals surface area (Å²) in [6, 6.07) is 3.94. The lowest BCUT2D eigenvalue weighted by atomic mass is 10.1. The van der Waals surface area contributed by atoms with Gasteiger partial charge in [0.1, 0.15) is 11.5 Å². The first-order valence-corrected chi connectivity index (χ1v) is 6.72. The highest BCUT2D eigenvalue weighted by Crippen LogP contribution is 2.34. The summed E-state index contributed by atoms with van der Waals surface area (Å²) in [4.78, 5) is 15.3. The molecule has 21 heavy (non-hydrogen) atoms. The summed E-state index contributed by atoms with van der Waals surface area (Å²) in [7, 11) is 1.11. The Morgan fingerprint density at radius 2 is 2.10 bits per heavy atom. The topological polar surface area (TPSA) is 65.2 Å². The lowest BCUT2D eigenvalue weighted by molar-refractivity contribution is 0.0594. The molecule has 1 aromatic heterocycles. The summed E-state index contributed by atoms with van der Waals surface area (Å²) < 4.78 is 33.1. The first-order valence-electron chi connectivity index (χ1n) is 5.55. The molecule has 2 N–H and O–H groups in total. The molecule has 1 heterocycles. The Labute approximate surface area is 132 Å². The van der Waals surface area contributed by atoms with Crippen LogP contribution in [-0.2, 0) is 4.74 Å². The van der Waals surface area contributed by atoms with Gasteiger partial charge in [0.2, 0.25) is 0 Å². The maximum absolute atomic E-state index is 14.2. The maximum Gasteiger partial charge on any atom is 0.358 e. The van der Waals surface area contributed by atoms with Gasteiger partial charge in [0.05, 0.1) is 17.8 Å². The lowest BCUT2D eigenvalue weighted by Crippen LogP contribution is -2.10. The van der Waals surface area contributed by atoms with Gasteiger partial charge in [-0.25, -0.2) is 18.6 Å². The van der Waals surface area contributed by atoms with E-state index in [1.54, 1.807) is 0 Å². The van der Waals surface area contributed by atoms with Crippen molar-refractivity contribution in [2.75, 3.05) is 12.8 Å². The molecular formula is C13H8BrClF2N2O2. The Bertz CT molecular complexity index is 741. The van der Waals surface area contributed by atoms with E-state index in [1.165, 1.54) is 12.1 Å². The monoisotopic (exact) mass is 376 g/mol. The van der Waals surface area contributed by atoms with E-state index in [0.29, 0.717) is 4.47 Å². The Kier molecular flexibility index (Phi) is 4.43. The number of aromatic nitrogens is 1. The second-order valence-electron chi connectivity index (χ2n) is 3.97. The van der Waals surface area contributed by atoms with Gasteiger partial charge in [-0.15, -0.1) is 0 Å². The molecule has 8 heteroatoms. The number of nitrogens with zero attached hydrogens (tertiary/aromatic N) is 1. The SMILES string of the molecule is COC(=O)c1nc(-c2ccc(Br)cc2F)c(F)c(N)c1Cl. The van der Waals surface area contributed by atoms with Crippen molar-refractivity contribution in [1.82, 2.24) is 4.98 Å². The summed E-state index contributed by atoms with van der Waals surface area (Å²) in [5.74, 6) is -2.63. The van der Waals surface area contributed by atoms with Crippen LogP contribution in [0.1, 0.15) is 10.5 Å². The van der Waals surface area contributed by atoms with Crippen LogP contribution in [0.4, 0.5) is 14.5 Å². The third kappa shape index (κ3) is 2.84. The van der Waals surface area contributed by atoms with Crippen LogP contribution in [0.25, 0.3) is 11.3 Å². The fraction of sp³-hybridized carbons (Fsp3) is 0.0769. The first kappa shape index (κ1) is 15.7. The van der Waals surface area contributed by atoms with Gasteiger partial charge in [-0.1, -0.05) is 27.5 Å². The van der Waals surface area contributed by atoms with Crippen LogP contribution in [0.3, 0.4) is 0 Å².